The minimum Gasteiger partial charge on any atom is -0.384 e. The molecule has 2 heterocycles. The molecule has 6 nitrogen and oxygen atoms in total. The van der Waals surface area contributed by atoms with Gasteiger partial charge in [0.05, 0.1) is 17.6 Å². The second-order valence-electron chi connectivity index (χ2n) is 9.66. The van der Waals surface area contributed by atoms with Gasteiger partial charge in [0.1, 0.15) is 5.82 Å². The quantitative estimate of drug-likeness (QED) is 0.344. The molecule has 1 unspecified atom stereocenters. The second-order valence-corrected chi connectivity index (χ2v) is 12.8. The lowest BCUT2D eigenvalue weighted by Gasteiger charge is -2.42. The van der Waals surface area contributed by atoms with E-state index in [2.05, 4.69) is 58.2 Å². The summed E-state index contributed by atoms with van der Waals surface area (Å²) in [7, 11) is 0. The van der Waals surface area contributed by atoms with Gasteiger partial charge >= 0.3 is 0 Å². The van der Waals surface area contributed by atoms with Crippen LogP contribution in [0.15, 0.2) is 86.1 Å². The van der Waals surface area contributed by atoms with Crippen LogP contribution < -0.4 is 10.6 Å². The molecule has 0 saturated carbocycles. The monoisotopic (exact) mass is 577 g/mol. The summed E-state index contributed by atoms with van der Waals surface area (Å²) in [5, 5.41) is 19.6. The third-order valence-corrected chi connectivity index (χ3v) is 9.02. The van der Waals surface area contributed by atoms with Gasteiger partial charge in [-0.15, -0.1) is 10.2 Å². The lowest BCUT2D eigenvalue weighted by atomic mass is 9.69. The Kier molecular flexibility index (Phi) is 6.77. The number of ketones is 1. The molecule has 1 aliphatic carbocycles. The Labute approximate surface area is 227 Å². The van der Waals surface area contributed by atoms with Crippen LogP contribution in [0.1, 0.15) is 43.7 Å². The summed E-state index contributed by atoms with van der Waals surface area (Å²) >= 11 is 6.50. The summed E-state index contributed by atoms with van der Waals surface area (Å²) in [6.45, 7) is 4.17. The lowest BCUT2D eigenvalue weighted by Crippen LogP contribution is -2.42. The SMILES string of the molecule is CC1(C)CC(=O)C2=C(C1)N(c1nnc(SCc3ccccc3)s1)C(N)=C(C#N)C2c1ccc(Br)cc1. The number of nitrogens with zero attached hydrogens (tertiary/aromatic N) is 4. The summed E-state index contributed by atoms with van der Waals surface area (Å²) in [4.78, 5) is 15.4. The van der Waals surface area contributed by atoms with E-state index >= 15 is 0 Å². The number of hydrogen-bond acceptors (Lipinski definition) is 8. The molecule has 2 N–H and O–H groups in total. The Balaban J connectivity index is 1.58. The van der Waals surface area contributed by atoms with Gasteiger partial charge in [-0.05, 0) is 35.1 Å². The summed E-state index contributed by atoms with van der Waals surface area (Å²) in [6.07, 6.45) is 1.06. The van der Waals surface area contributed by atoms with E-state index in [1.165, 1.54) is 16.9 Å². The van der Waals surface area contributed by atoms with Crippen LogP contribution in [0, 0.1) is 16.7 Å². The molecule has 1 aliphatic heterocycles. The average Bonchev–Trinajstić information content (AvgIpc) is 3.31. The summed E-state index contributed by atoms with van der Waals surface area (Å²) in [6, 6.07) is 20.2. The van der Waals surface area contributed by atoms with Crippen molar-refractivity contribution in [3.8, 4) is 6.07 Å². The van der Waals surface area contributed by atoms with E-state index in [1.54, 1.807) is 16.7 Å². The zero-order chi connectivity index (χ0) is 25.4. The molecule has 182 valence electrons. The Morgan fingerprint density at radius 3 is 2.58 bits per heavy atom. The van der Waals surface area contributed by atoms with Crippen molar-refractivity contribution < 1.29 is 4.79 Å². The summed E-state index contributed by atoms with van der Waals surface area (Å²) < 4.78 is 1.73. The van der Waals surface area contributed by atoms with E-state index in [0.29, 0.717) is 34.9 Å². The number of nitrogens with two attached hydrogens (primary N) is 1. The van der Waals surface area contributed by atoms with Crippen LogP contribution in [0.5, 0.6) is 0 Å². The number of carbonyl (C=O) groups excluding carboxylic acids is 1. The molecule has 0 radical (unpaired) electrons. The normalized spacial score (nSPS) is 19.3. The number of anilines is 1. The average molecular weight is 579 g/mol. The highest BCUT2D eigenvalue weighted by Crippen LogP contribution is 2.50. The molecule has 1 aromatic heterocycles. The molecule has 1 atom stereocenters. The van der Waals surface area contributed by atoms with Crippen molar-refractivity contribution in [3.63, 3.8) is 0 Å². The highest BCUT2D eigenvalue weighted by atomic mass is 79.9. The Morgan fingerprint density at radius 2 is 1.89 bits per heavy atom. The smallest absolute Gasteiger partial charge is 0.219 e. The third-order valence-electron chi connectivity index (χ3n) is 6.38. The predicted octanol–water partition coefficient (Wildman–Crippen LogP) is 6.53. The number of aromatic nitrogens is 2. The number of halogens is 1. The van der Waals surface area contributed by atoms with E-state index in [1.807, 2.05) is 42.5 Å². The fourth-order valence-corrected chi connectivity index (χ4v) is 6.89. The molecule has 0 bridgehead atoms. The Bertz CT molecular complexity index is 1420. The molecule has 2 aliphatic rings. The molecule has 9 heteroatoms. The van der Waals surface area contributed by atoms with Crippen LogP contribution in [-0.2, 0) is 10.5 Å². The topological polar surface area (TPSA) is 95.9 Å². The number of Topliss-reactive ketones (excluding diaryl/α,β-unsaturated/α-hetero) is 1. The van der Waals surface area contributed by atoms with Gasteiger partial charge in [-0.25, -0.2) is 0 Å². The molecule has 3 aromatic rings. The van der Waals surface area contributed by atoms with Gasteiger partial charge in [-0.2, -0.15) is 5.26 Å². The molecular formula is C27H24BrN5OS2. The Hall–Kier alpha value is -2.93. The van der Waals surface area contributed by atoms with Crippen molar-refractivity contribution in [2.75, 3.05) is 4.90 Å². The molecular weight excluding hydrogens is 554 g/mol. The van der Waals surface area contributed by atoms with Crippen molar-refractivity contribution >= 4 is 49.9 Å². The zero-order valence-electron chi connectivity index (χ0n) is 19.9. The maximum Gasteiger partial charge on any atom is 0.219 e. The minimum absolute atomic E-state index is 0.0441. The largest absolute Gasteiger partial charge is 0.384 e. The van der Waals surface area contributed by atoms with Crippen molar-refractivity contribution in [2.24, 2.45) is 11.1 Å². The molecule has 0 spiro atoms. The summed E-state index contributed by atoms with van der Waals surface area (Å²) in [5.41, 5.74) is 10.3. The number of benzene rings is 2. The highest BCUT2D eigenvalue weighted by Gasteiger charge is 2.45. The van der Waals surface area contributed by atoms with Crippen LogP contribution in [-0.4, -0.2) is 16.0 Å². The van der Waals surface area contributed by atoms with Crippen LogP contribution in [0.4, 0.5) is 5.13 Å². The number of thioether (sulfide) groups is 1. The van der Waals surface area contributed by atoms with Crippen molar-refractivity contribution in [3.05, 3.63) is 92.9 Å². The first-order valence-corrected chi connectivity index (χ1v) is 14.1. The molecule has 36 heavy (non-hydrogen) atoms. The number of rotatable bonds is 5. The maximum atomic E-state index is 13.6. The van der Waals surface area contributed by atoms with Crippen LogP contribution in [0.2, 0.25) is 0 Å². The van der Waals surface area contributed by atoms with Gasteiger partial charge in [0.25, 0.3) is 0 Å². The summed E-state index contributed by atoms with van der Waals surface area (Å²) in [5.74, 6) is 0.626. The van der Waals surface area contributed by atoms with Crippen molar-refractivity contribution in [2.45, 2.75) is 42.7 Å². The van der Waals surface area contributed by atoms with Crippen molar-refractivity contribution in [1.29, 1.82) is 5.26 Å². The van der Waals surface area contributed by atoms with Crippen molar-refractivity contribution in [1.82, 2.24) is 10.2 Å². The first-order chi connectivity index (χ1) is 17.3. The second kappa shape index (κ2) is 9.85. The molecule has 0 saturated heterocycles. The third kappa shape index (κ3) is 4.73. The standard InChI is InChI=1S/C27H24BrN5OS2/c1-27(2)12-20-23(21(34)13-27)22(17-8-10-18(28)11-9-17)19(14-29)24(30)33(20)25-31-32-26(36-25)35-15-16-6-4-3-5-7-16/h3-11,22H,12-13,15,30H2,1-2H3. The van der Waals surface area contributed by atoms with E-state index in [0.717, 1.165) is 25.8 Å². The van der Waals surface area contributed by atoms with E-state index < -0.39 is 5.92 Å². The number of allylic oxidation sites excluding steroid dienone is 3. The molecule has 5 rings (SSSR count). The lowest BCUT2D eigenvalue weighted by molar-refractivity contribution is -0.118. The van der Waals surface area contributed by atoms with Crippen LogP contribution in [0.25, 0.3) is 0 Å². The van der Waals surface area contributed by atoms with E-state index in [9.17, 15) is 10.1 Å². The zero-order valence-corrected chi connectivity index (χ0v) is 23.1. The number of hydrogen-bond donors (Lipinski definition) is 1. The molecule has 0 amide bonds. The maximum absolute atomic E-state index is 13.6. The van der Waals surface area contributed by atoms with E-state index in [-0.39, 0.29) is 11.2 Å². The molecule has 2 aromatic carbocycles. The fraction of sp³-hybridized carbons (Fsp3) is 0.259. The fourth-order valence-electron chi connectivity index (χ4n) is 4.79. The minimum atomic E-state index is -0.502. The number of carbonyl (C=O) groups is 1. The first-order valence-electron chi connectivity index (χ1n) is 11.5. The van der Waals surface area contributed by atoms with Crippen LogP contribution in [0.3, 0.4) is 0 Å². The van der Waals surface area contributed by atoms with Gasteiger partial charge in [0.15, 0.2) is 10.1 Å². The van der Waals surface area contributed by atoms with Gasteiger partial charge in [-0.3, -0.25) is 9.69 Å². The highest BCUT2D eigenvalue weighted by molar-refractivity contribution is 9.10. The van der Waals surface area contributed by atoms with E-state index in [4.69, 9.17) is 5.73 Å². The van der Waals surface area contributed by atoms with Gasteiger partial charge in [0.2, 0.25) is 5.13 Å². The predicted molar refractivity (Wildman–Crippen MR) is 147 cm³/mol. The van der Waals surface area contributed by atoms with Gasteiger partial charge < -0.3 is 5.73 Å². The van der Waals surface area contributed by atoms with Crippen LogP contribution >= 0.6 is 39.0 Å². The Morgan fingerprint density at radius 1 is 1.17 bits per heavy atom. The van der Waals surface area contributed by atoms with Gasteiger partial charge in [-0.1, -0.05) is 95.3 Å². The van der Waals surface area contributed by atoms with Gasteiger partial charge in [0, 0.05) is 27.9 Å². The number of nitriles is 1. The first kappa shape index (κ1) is 24.8. The molecule has 0 fully saturated rings.